The number of nitrogens with zero attached hydrogens (tertiary/aromatic N) is 4. The molecule has 1 saturated carbocycles. The van der Waals surface area contributed by atoms with E-state index in [1.165, 1.54) is 28.3 Å². The first-order valence-corrected chi connectivity index (χ1v) is 15.1. The molecule has 9 rings (SSSR count). The van der Waals surface area contributed by atoms with Gasteiger partial charge in [0, 0.05) is 22.5 Å². The first kappa shape index (κ1) is 27.3. The predicted molar refractivity (Wildman–Crippen MR) is 174 cm³/mol. The largest absolute Gasteiger partial charge is 2.00 e. The third kappa shape index (κ3) is 4.09. The molecule has 3 aromatic heterocycles. The van der Waals surface area contributed by atoms with Crippen LogP contribution >= 0.6 is 0 Å². The molecule has 0 bridgehead atoms. The molecule has 218 valence electrons. The van der Waals surface area contributed by atoms with Crippen molar-refractivity contribution < 1.29 is 25.8 Å². The molecule has 0 N–H and O–H groups in total. The molecule has 2 aliphatic rings. The van der Waals surface area contributed by atoms with E-state index >= 15 is 0 Å². The second-order valence-electron chi connectivity index (χ2n) is 12.2. The second kappa shape index (κ2) is 10.2. The zero-order valence-corrected chi connectivity index (χ0v) is 27.1. The first-order chi connectivity index (χ1) is 21.0. The van der Waals surface area contributed by atoms with Crippen molar-refractivity contribution in [2.45, 2.75) is 52.2 Å². The molecular formula is C38H30N4OPt. The van der Waals surface area contributed by atoms with Gasteiger partial charge in [0.25, 0.3) is 0 Å². The van der Waals surface area contributed by atoms with Crippen molar-refractivity contribution in [1.29, 1.82) is 0 Å². The molecule has 1 fully saturated rings. The van der Waals surface area contributed by atoms with E-state index < -0.39 is 0 Å². The Bertz CT molecular complexity index is 2310. The number of aliphatic imine (C=N–C) groups is 1. The minimum absolute atomic E-state index is 0. The number of aromatic nitrogens is 3. The Morgan fingerprint density at radius 2 is 1.50 bits per heavy atom. The summed E-state index contributed by atoms with van der Waals surface area (Å²) in [5.74, 6) is 0.729. The average Bonchev–Trinajstić information content (AvgIpc) is 3.76. The van der Waals surface area contributed by atoms with Gasteiger partial charge in [-0.15, -0.1) is 41.3 Å². The summed E-state index contributed by atoms with van der Waals surface area (Å²) in [7, 11) is 0. The van der Waals surface area contributed by atoms with E-state index in [4.69, 9.17) is 14.7 Å². The van der Waals surface area contributed by atoms with Crippen LogP contribution in [0.15, 0.2) is 84.0 Å². The predicted octanol–water partition coefficient (Wildman–Crippen LogP) is 8.50. The molecule has 5 nitrogen and oxygen atoms in total. The van der Waals surface area contributed by atoms with E-state index in [2.05, 4.69) is 109 Å². The molecule has 0 saturated heterocycles. The van der Waals surface area contributed by atoms with Gasteiger partial charge in [0.2, 0.25) is 0 Å². The van der Waals surface area contributed by atoms with Crippen LogP contribution in [0.25, 0.3) is 55.1 Å². The van der Waals surface area contributed by atoms with Crippen molar-refractivity contribution in [1.82, 2.24) is 14.1 Å². The number of aryl methyl sites for hydroxylation is 3. The maximum atomic E-state index is 6.34. The van der Waals surface area contributed by atoms with E-state index in [0.717, 1.165) is 74.2 Å². The number of fused-ring (bicyclic) bond motifs is 7. The van der Waals surface area contributed by atoms with Crippen LogP contribution < -0.4 is 0 Å². The maximum Gasteiger partial charge on any atom is 2.00 e. The summed E-state index contributed by atoms with van der Waals surface area (Å²) in [4.78, 5) is 9.80. The molecule has 7 aromatic rings. The van der Waals surface area contributed by atoms with Gasteiger partial charge in [-0.05, 0) is 74.5 Å². The zero-order valence-electron chi connectivity index (χ0n) is 24.8. The van der Waals surface area contributed by atoms with Crippen LogP contribution in [-0.2, 0) is 25.8 Å². The van der Waals surface area contributed by atoms with Gasteiger partial charge in [0.05, 0.1) is 11.6 Å². The number of rotatable bonds is 3. The van der Waals surface area contributed by atoms with Gasteiger partial charge in [0.15, 0.2) is 0 Å². The summed E-state index contributed by atoms with van der Waals surface area (Å²) in [5, 5.41) is 4.71. The van der Waals surface area contributed by atoms with Gasteiger partial charge in [-0.1, -0.05) is 53.0 Å². The fourth-order valence-corrected chi connectivity index (χ4v) is 7.21. The standard InChI is InChI=1S/C38H30N4O.Pt/c1-22-9-13-33-30(18-22)28-12-11-26(42-34-14-10-23(2)19-31(34)29-6-5-15-39-37(29)42)21-35(28)41(33)27-17-24(3)16-25(20-27)38-40-32-7-4-8-36(32)43-38;/h5-6,9-19,32,36H,4,7-8H2,1-3H3;/q-2;+2/t32-,36+;/m1./s1. The van der Waals surface area contributed by atoms with Crippen LogP contribution in [0.5, 0.6) is 0 Å². The molecule has 6 heteroatoms. The van der Waals surface area contributed by atoms with Crippen LogP contribution in [0.3, 0.4) is 0 Å². The normalized spacial score (nSPS) is 17.8. The van der Waals surface area contributed by atoms with Crippen LogP contribution in [0.2, 0.25) is 0 Å². The molecule has 0 radical (unpaired) electrons. The minimum atomic E-state index is 0. The van der Waals surface area contributed by atoms with Crippen molar-refractivity contribution in [3.05, 3.63) is 113 Å². The fourth-order valence-electron chi connectivity index (χ4n) is 7.21. The van der Waals surface area contributed by atoms with Crippen molar-refractivity contribution in [2.24, 2.45) is 4.99 Å². The molecule has 44 heavy (non-hydrogen) atoms. The molecule has 4 heterocycles. The van der Waals surface area contributed by atoms with E-state index in [1.807, 2.05) is 12.3 Å². The van der Waals surface area contributed by atoms with E-state index in [0.29, 0.717) is 0 Å². The van der Waals surface area contributed by atoms with E-state index in [1.54, 1.807) is 0 Å². The molecule has 2 atom stereocenters. The minimum Gasteiger partial charge on any atom is -0.515 e. The molecular weight excluding hydrogens is 724 g/mol. The van der Waals surface area contributed by atoms with Crippen LogP contribution in [-0.4, -0.2) is 32.2 Å². The van der Waals surface area contributed by atoms with Gasteiger partial charge in [-0.2, -0.15) is 6.07 Å². The molecule has 4 aromatic carbocycles. The summed E-state index contributed by atoms with van der Waals surface area (Å²) in [6, 6.07) is 34.0. The number of ether oxygens (including phenoxy) is 1. The summed E-state index contributed by atoms with van der Waals surface area (Å²) < 4.78 is 10.9. The van der Waals surface area contributed by atoms with Crippen molar-refractivity contribution in [3.63, 3.8) is 0 Å². The molecule has 1 aliphatic heterocycles. The Balaban J connectivity index is 0.00000289. The maximum absolute atomic E-state index is 6.34. The van der Waals surface area contributed by atoms with Gasteiger partial charge in [0.1, 0.15) is 17.6 Å². The van der Waals surface area contributed by atoms with Gasteiger partial charge < -0.3 is 13.9 Å². The van der Waals surface area contributed by atoms with Gasteiger partial charge in [-0.25, -0.2) is 4.98 Å². The van der Waals surface area contributed by atoms with E-state index in [9.17, 15) is 0 Å². The topological polar surface area (TPSA) is 44.3 Å². The average molecular weight is 754 g/mol. The van der Waals surface area contributed by atoms with Gasteiger partial charge >= 0.3 is 21.1 Å². The Labute approximate surface area is 270 Å². The van der Waals surface area contributed by atoms with Crippen molar-refractivity contribution in [3.8, 4) is 11.4 Å². The van der Waals surface area contributed by atoms with Crippen LogP contribution in [0.1, 0.15) is 41.5 Å². The van der Waals surface area contributed by atoms with E-state index in [-0.39, 0.29) is 33.2 Å². The molecule has 0 unspecified atom stereocenters. The fraction of sp³-hybridized carbons (Fsp3) is 0.211. The molecule has 1 aliphatic carbocycles. The van der Waals surface area contributed by atoms with Gasteiger partial charge in [-0.3, -0.25) is 4.99 Å². The third-order valence-corrected chi connectivity index (χ3v) is 9.17. The molecule has 0 amide bonds. The van der Waals surface area contributed by atoms with Crippen LogP contribution in [0.4, 0.5) is 0 Å². The summed E-state index contributed by atoms with van der Waals surface area (Å²) in [5.41, 5.74) is 10.6. The van der Waals surface area contributed by atoms with Crippen molar-refractivity contribution >= 4 is 49.6 Å². The SMILES string of the molecule is Cc1cc(C2=N[C@@H]3CCC[C@@H]3O2)[c-]c(-n2c3[c-]c(-n4c5ccc(C)cc5c5cccnc54)ccc3c3cc(C)ccc32)c1.[Pt+2]. The second-order valence-corrected chi connectivity index (χ2v) is 12.2. The number of hydrogen-bond acceptors (Lipinski definition) is 3. The number of hydrogen-bond donors (Lipinski definition) is 0. The third-order valence-electron chi connectivity index (χ3n) is 9.17. The Morgan fingerprint density at radius 1 is 0.727 bits per heavy atom. The van der Waals surface area contributed by atoms with Crippen LogP contribution in [0, 0.1) is 32.9 Å². The summed E-state index contributed by atoms with van der Waals surface area (Å²) in [6.07, 6.45) is 5.46. The summed E-state index contributed by atoms with van der Waals surface area (Å²) in [6.45, 7) is 6.42. The number of pyridine rings is 1. The Morgan fingerprint density at radius 3 is 2.30 bits per heavy atom. The Hall–Kier alpha value is -4.21. The summed E-state index contributed by atoms with van der Waals surface area (Å²) >= 11 is 0. The number of benzene rings is 4. The molecule has 0 spiro atoms. The quantitative estimate of drug-likeness (QED) is 0.170. The first-order valence-electron chi connectivity index (χ1n) is 15.1. The Kier molecular flexibility index (Phi) is 6.32. The zero-order chi connectivity index (χ0) is 28.8. The van der Waals surface area contributed by atoms with Crippen molar-refractivity contribution in [2.75, 3.05) is 0 Å². The smallest absolute Gasteiger partial charge is 0.515 e. The monoisotopic (exact) mass is 753 g/mol.